The van der Waals surface area contributed by atoms with Gasteiger partial charge in [0.15, 0.2) is 0 Å². The van der Waals surface area contributed by atoms with E-state index in [-0.39, 0.29) is 5.54 Å². The standard InChI is InChI=1S/C18H22BrNO/c1-4-21-17-7-5-6-14(12-17)13-20-18(2,3)15-8-10-16(19)11-9-15/h5-12,20H,4,13H2,1-3H3. The van der Waals surface area contributed by atoms with Gasteiger partial charge in [0.1, 0.15) is 5.75 Å². The zero-order chi connectivity index (χ0) is 15.3. The van der Waals surface area contributed by atoms with Gasteiger partial charge in [0, 0.05) is 16.6 Å². The molecule has 112 valence electrons. The molecular weight excluding hydrogens is 326 g/mol. The van der Waals surface area contributed by atoms with E-state index in [4.69, 9.17) is 4.74 Å². The first kappa shape index (κ1) is 16.1. The van der Waals surface area contributed by atoms with Crippen molar-refractivity contribution in [1.29, 1.82) is 0 Å². The van der Waals surface area contributed by atoms with Gasteiger partial charge in [0.05, 0.1) is 6.61 Å². The molecule has 0 aromatic heterocycles. The highest BCUT2D eigenvalue weighted by molar-refractivity contribution is 9.10. The number of ether oxygens (including phenoxy) is 1. The highest BCUT2D eigenvalue weighted by Gasteiger charge is 2.19. The summed E-state index contributed by atoms with van der Waals surface area (Å²) in [6.45, 7) is 7.90. The summed E-state index contributed by atoms with van der Waals surface area (Å²) in [5, 5.41) is 3.61. The number of hydrogen-bond acceptors (Lipinski definition) is 2. The lowest BCUT2D eigenvalue weighted by Crippen LogP contribution is -2.35. The van der Waals surface area contributed by atoms with Crippen LogP contribution in [0.4, 0.5) is 0 Å². The molecule has 0 bridgehead atoms. The summed E-state index contributed by atoms with van der Waals surface area (Å²) in [5.41, 5.74) is 2.42. The molecule has 0 atom stereocenters. The van der Waals surface area contributed by atoms with Crippen LogP contribution >= 0.6 is 15.9 Å². The van der Waals surface area contributed by atoms with Crippen LogP contribution in [-0.4, -0.2) is 6.61 Å². The second-order valence-electron chi connectivity index (χ2n) is 5.57. The van der Waals surface area contributed by atoms with Gasteiger partial charge < -0.3 is 10.1 Å². The number of benzene rings is 2. The van der Waals surface area contributed by atoms with E-state index >= 15 is 0 Å². The minimum atomic E-state index is -0.0810. The van der Waals surface area contributed by atoms with Gasteiger partial charge in [-0.1, -0.05) is 40.2 Å². The van der Waals surface area contributed by atoms with E-state index in [9.17, 15) is 0 Å². The maximum Gasteiger partial charge on any atom is 0.119 e. The summed E-state index contributed by atoms with van der Waals surface area (Å²) in [6, 6.07) is 16.7. The molecule has 21 heavy (non-hydrogen) atoms. The normalized spacial score (nSPS) is 11.4. The third kappa shape index (κ3) is 4.58. The van der Waals surface area contributed by atoms with Crippen LogP contribution in [0, 0.1) is 0 Å². The van der Waals surface area contributed by atoms with Gasteiger partial charge in [-0.2, -0.15) is 0 Å². The summed E-state index contributed by atoms with van der Waals surface area (Å²) in [4.78, 5) is 0. The van der Waals surface area contributed by atoms with E-state index in [2.05, 4.69) is 71.5 Å². The maximum atomic E-state index is 5.54. The third-order valence-corrected chi connectivity index (χ3v) is 4.04. The third-order valence-electron chi connectivity index (χ3n) is 3.51. The van der Waals surface area contributed by atoms with Gasteiger partial charge in [-0.15, -0.1) is 0 Å². The highest BCUT2D eigenvalue weighted by Crippen LogP contribution is 2.23. The molecule has 0 aliphatic rings. The van der Waals surface area contributed by atoms with E-state index in [0.29, 0.717) is 6.61 Å². The lowest BCUT2D eigenvalue weighted by molar-refractivity contribution is 0.339. The van der Waals surface area contributed by atoms with Crippen LogP contribution < -0.4 is 10.1 Å². The van der Waals surface area contributed by atoms with Crippen LogP contribution in [0.5, 0.6) is 5.75 Å². The Hall–Kier alpha value is -1.32. The van der Waals surface area contributed by atoms with Crippen molar-refractivity contribution < 1.29 is 4.74 Å². The van der Waals surface area contributed by atoms with Crippen molar-refractivity contribution in [2.45, 2.75) is 32.9 Å². The summed E-state index contributed by atoms with van der Waals surface area (Å²) in [5.74, 6) is 0.929. The van der Waals surface area contributed by atoms with Crippen LogP contribution in [0.15, 0.2) is 53.0 Å². The van der Waals surface area contributed by atoms with Crippen molar-refractivity contribution in [3.05, 3.63) is 64.1 Å². The van der Waals surface area contributed by atoms with E-state index in [1.54, 1.807) is 0 Å². The molecular formula is C18H22BrNO. The molecule has 1 N–H and O–H groups in total. The largest absolute Gasteiger partial charge is 0.494 e. The molecule has 0 unspecified atom stereocenters. The smallest absolute Gasteiger partial charge is 0.119 e. The zero-order valence-corrected chi connectivity index (χ0v) is 14.4. The molecule has 0 spiro atoms. The summed E-state index contributed by atoms with van der Waals surface area (Å²) < 4.78 is 6.65. The van der Waals surface area contributed by atoms with Gasteiger partial charge in [-0.25, -0.2) is 0 Å². The predicted octanol–water partition coefficient (Wildman–Crippen LogP) is 4.87. The van der Waals surface area contributed by atoms with Crippen LogP contribution in [0.25, 0.3) is 0 Å². The number of nitrogens with one attached hydrogen (secondary N) is 1. The predicted molar refractivity (Wildman–Crippen MR) is 91.6 cm³/mol. The van der Waals surface area contributed by atoms with Crippen LogP contribution in [0.1, 0.15) is 31.9 Å². The molecule has 3 heteroatoms. The van der Waals surface area contributed by atoms with Crippen LogP contribution in [-0.2, 0) is 12.1 Å². The summed E-state index contributed by atoms with van der Waals surface area (Å²) in [6.07, 6.45) is 0. The molecule has 0 heterocycles. The Kier molecular flexibility index (Phi) is 5.43. The molecule has 0 aliphatic carbocycles. The van der Waals surface area contributed by atoms with Gasteiger partial charge in [-0.3, -0.25) is 0 Å². The van der Waals surface area contributed by atoms with Crippen molar-refractivity contribution in [1.82, 2.24) is 5.32 Å². The molecule has 0 saturated carbocycles. The van der Waals surface area contributed by atoms with Crippen molar-refractivity contribution >= 4 is 15.9 Å². The molecule has 2 aromatic rings. The Morgan fingerprint density at radius 2 is 1.81 bits per heavy atom. The monoisotopic (exact) mass is 347 g/mol. The fourth-order valence-electron chi connectivity index (χ4n) is 2.20. The maximum absolute atomic E-state index is 5.54. The molecule has 2 nitrogen and oxygen atoms in total. The van der Waals surface area contributed by atoms with Gasteiger partial charge in [-0.05, 0) is 56.2 Å². The van der Waals surface area contributed by atoms with Gasteiger partial charge in [0.25, 0.3) is 0 Å². The topological polar surface area (TPSA) is 21.3 Å². The van der Waals surface area contributed by atoms with Crippen molar-refractivity contribution in [2.75, 3.05) is 6.61 Å². The highest BCUT2D eigenvalue weighted by atomic mass is 79.9. The number of hydrogen-bond donors (Lipinski definition) is 1. The molecule has 2 aromatic carbocycles. The quantitative estimate of drug-likeness (QED) is 0.804. The number of rotatable bonds is 6. The molecule has 0 radical (unpaired) electrons. The average Bonchev–Trinajstić information content (AvgIpc) is 2.47. The minimum absolute atomic E-state index is 0.0810. The second-order valence-corrected chi connectivity index (χ2v) is 6.48. The van der Waals surface area contributed by atoms with E-state index in [0.717, 1.165) is 16.8 Å². The van der Waals surface area contributed by atoms with Crippen LogP contribution in [0.2, 0.25) is 0 Å². The first-order valence-corrected chi connectivity index (χ1v) is 8.03. The summed E-state index contributed by atoms with van der Waals surface area (Å²) in [7, 11) is 0. The van der Waals surface area contributed by atoms with E-state index < -0.39 is 0 Å². The first-order valence-electron chi connectivity index (χ1n) is 7.24. The Labute approximate surface area is 135 Å². The fraction of sp³-hybridized carbons (Fsp3) is 0.333. The lowest BCUT2D eigenvalue weighted by Gasteiger charge is -2.27. The minimum Gasteiger partial charge on any atom is -0.494 e. The van der Waals surface area contributed by atoms with Crippen molar-refractivity contribution in [3.63, 3.8) is 0 Å². The zero-order valence-electron chi connectivity index (χ0n) is 12.8. The van der Waals surface area contributed by atoms with Crippen LogP contribution in [0.3, 0.4) is 0 Å². The second kappa shape index (κ2) is 7.10. The van der Waals surface area contributed by atoms with E-state index in [1.165, 1.54) is 11.1 Å². The molecule has 2 rings (SSSR count). The molecule has 0 saturated heterocycles. The lowest BCUT2D eigenvalue weighted by atomic mass is 9.94. The fourth-order valence-corrected chi connectivity index (χ4v) is 2.47. The van der Waals surface area contributed by atoms with Crippen molar-refractivity contribution in [3.8, 4) is 5.75 Å². The number of halogens is 1. The Morgan fingerprint density at radius 1 is 1.10 bits per heavy atom. The Balaban J connectivity index is 2.04. The SMILES string of the molecule is CCOc1cccc(CNC(C)(C)c2ccc(Br)cc2)c1. The molecule has 0 fully saturated rings. The Morgan fingerprint density at radius 3 is 2.48 bits per heavy atom. The van der Waals surface area contributed by atoms with Gasteiger partial charge in [0.2, 0.25) is 0 Å². The average molecular weight is 348 g/mol. The van der Waals surface area contributed by atoms with Gasteiger partial charge >= 0.3 is 0 Å². The summed E-state index contributed by atoms with van der Waals surface area (Å²) >= 11 is 3.48. The molecule has 0 amide bonds. The first-order chi connectivity index (χ1) is 10.0. The Bertz CT molecular complexity index is 578. The van der Waals surface area contributed by atoms with E-state index in [1.807, 2.05) is 19.1 Å². The van der Waals surface area contributed by atoms with Crippen molar-refractivity contribution in [2.24, 2.45) is 0 Å². The molecule has 0 aliphatic heterocycles.